The van der Waals surface area contributed by atoms with E-state index in [-0.39, 0.29) is 17.4 Å². The maximum atomic E-state index is 13.3. The highest BCUT2D eigenvalue weighted by atomic mass is 19.1. The molecule has 23 heavy (non-hydrogen) atoms. The zero-order chi connectivity index (χ0) is 16.4. The van der Waals surface area contributed by atoms with E-state index in [4.69, 9.17) is 0 Å². The summed E-state index contributed by atoms with van der Waals surface area (Å²) in [7, 11) is 0. The first-order valence-corrected chi connectivity index (χ1v) is 7.11. The van der Waals surface area contributed by atoms with Crippen LogP contribution >= 0.6 is 0 Å². The number of hydrogen-bond acceptors (Lipinski definition) is 3. The number of nitrogens with one attached hydrogen (secondary N) is 1. The van der Waals surface area contributed by atoms with Gasteiger partial charge in [-0.1, -0.05) is 29.0 Å². The largest absolute Gasteiger partial charge is 0.321 e. The van der Waals surface area contributed by atoms with E-state index in [9.17, 15) is 9.18 Å². The molecule has 0 bridgehead atoms. The number of aryl methyl sites for hydroxylation is 1. The number of rotatable bonds is 3. The number of amides is 1. The first kappa shape index (κ1) is 14.9. The summed E-state index contributed by atoms with van der Waals surface area (Å²) in [6, 6.07) is 13.4. The lowest BCUT2D eigenvalue weighted by molar-refractivity contribution is 0.102. The van der Waals surface area contributed by atoms with E-state index in [1.54, 1.807) is 19.1 Å². The highest BCUT2D eigenvalue weighted by Crippen LogP contribution is 2.15. The number of nitrogens with zero attached hydrogens (tertiary/aromatic N) is 3. The minimum absolute atomic E-state index is 0.204. The van der Waals surface area contributed by atoms with Gasteiger partial charge in [0.2, 0.25) is 0 Å². The van der Waals surface area contributed by atoms with Gasteiger partial charge < -0.3 is 5.32 Å². The van der Waals surface area contributed by atoms with Crippen molar-refractivity contribution in [2.75, 3.05) is 5.32 Å². The fraction of sp³-hybridized carbons (Fsp3) is 0.118. The van der Waals surface area contributed by atoms with Crippen LogP contribution in [0.25, 0.3) is 5.69 Å². The number of hydrogen-bond donors (Lipinski definition) is 1. The smallest absolute Gasteiger partial charge is 0.278 e. The summed E-state index contributed by atoms with van der Waals surface area (Å²) in [5.41, 5.74) is 3.05. The van der Waals surface area contributed by atoms with Crippen LogP contribution in [0.15, 0.2) is 48.5 Å². The number of halogens is 1. The Bertz CT molecular complexity index is 855. The average molecular weight is 310 g/mol. The number of aromatic nitrogens is 3. The average Bonchev–Trinajstić information content (AvgIpc) is 2.91. The van der Waals surface area contributed by atoms with Crippen molar-refractivity contribution in [3.05, 3.63) is 71.3 Å². The van der Waals surface area contributed by atoms with Crippen molar-refractivity contribution >= 4 is 11.6 Å². The molecule has 3 rings (SSSR count). The zero-order valence-electron chi connectivity index (χ0n) is 12.7. The summed E-state index contributed by atoms with van der Waals surface area (Å²) in [5, 5.41) is 10.6. The van der Waals surface area contributed by atoms with Crippen LogP contribution in [-0.2, 0) is 0 Å². The molecule has 0 atom stereocenters. The first-order valence-electron chi connectivity index (χ1n) is 7.11. The predicted octanol–water partition coefficient (Wildman–Crippen LogP) is 3.28. The Kier molecular flexibility index (Phi) is 3.89. The second-order valence-electron chi connectivity index (χ2n) is 5.24. The quantitative estimate of drug-likeness (QED) is 0.807. The van der Waals surface area contributed by atoms with E-state index >= 15 is 0 Å². The molecule has 116 valence electrons. The van der Waals surface area contributed by atoms with Crippen LogP contribution in [0.4, 0.5) is 10.1 Å². The van der Waals surface area contributed by atoms with Crippen molar-refractivity contribution in [3.63, 3.8) is 0 Å². The van der Waals surface area contributed by atoms with Crippen molar-refractivity contribution in [1.82, 2.24) is 15.0 Å². The van der Waals surface area contributed by atoms with Crippen LogP contribution in [0.2, 0.25) is 0 Å². The van der Waals surface area contributed by atoms with Gasteiger partial charge in [-0.2, -0.15) is 0 Å². The molecule has 1 aromatic heterocycles. The van der Waals surface area contributed by atoms with Gasteiger partial charge in [0.15, 0.2) is 5.69 Å². The third-order valence-electron chi connectivity index (χ3n) is 3.47. The standard InChI is InChI=1S/C17H15FN4O/c1-11-6-8-14(9-7-11)19-17(23)16-12(2)22(21-20-16)15-5-3-4-13(18)10-15/h3-10H,1-2H3,(H,19,23). The summed E-state index contributed by atoms with van der Waals surface area (Å²) in [4.78, 5) is 12.3. The number of benzene rings is 2. The van der Waals surface area contributed by atoms with Gasteiger partial charge in [-0.25, -0.2) is 9.07 Å². The summed E-state index contributed by atoms with van der Waals surface area (Å²) >= 11 is 0. The number of anilines is 1. The second-order valence-corrected chi connectivity index (χ2v) is 5.24. The molecule has 0 radical (unpaired) electrons. The maximum Gasteiger partial charge on any atom is 0.278 e. The van der Waals surface area contributed by atoms with Crippen LogP contribution in [-0.4, -0.2) is 20.9 Å². The molecule has 5 nitrogen and oxygen atoms in total. The Labute approximate surface area is 132 Å². The normalized spacial score (nSPS) is 10.6. The molecule has 0 fully saturated rings. The molecule has 2 aromatic carbocycles. The molecule has 1 heterocycles. The topological polar surface area (TPSA) is 59.8 Å². The van der Waals surface area contributed by atoms with Crippen molar-refractivity contribution in [1.29, 1.82) is 0 Å². The molecule has 3 aromatic rings. The molecule has 0 aliphatic heterocycles. The van der Waals surface area contributed by atoms with Crippen LogP contribution in [0, 0.1) is 19.7 Å². The molecule has 0 aliphatic rings. The van der Waals surface area contributed by atoms with E-state index in [1.807, 2.05) is 31.2 Å². The van der Waals surface area contributed by atoms with E-state index in [0.29, 0.717) is 17.1 Å². The van der Waals surface area contributed by atoms with Gasteiger partial charge in [0.25, 0.3) is 5.91 Å². The fourth-order valence-corrected chi connectivity index (χ4v) is 2.22. The molecule has 0 saturated carbocycles. The van der Waals surface area contributed by atoms with Crippen molar-refractivity contribution in [2.24, 2.45) is 0 Å². The van der Waals surface area contributed by atoms with Gasteiger partial charge in [0.1, 0.15) is 5.82 Å². The SMILES string of the molecule is Cc1ccc(NC(=O)c2nnn(-c3cccc(F)c3)c2C)cc1. The monoisotopic (exact) mass is 310 g/mol. The van der Waals surface area contributed by atoms with Gasteiger partial charge in [0.05, 0.1) is 11.4 Å². The highest BCUT2D eigenvalue weighted by molar-refractivity contribution is 6.03. The summed E-state index contributed by atoms with van der Waals surface area (Å²) in [5.74, 6) is -0.725. The lowest BCUT2D eigenvalue weighted by Crippen LogP contribution is -2.14. The van der Waals surface area contributed by atoms with Crippen LogP contribution in [0.3, 0.4) is 0 Å². The predicted molar refractivity (Wildman–Crippen MR) is 85.2 cm³/mol. The van der Waals surface area contributed by atoms with Gasteiger partial charge in [-0.15, -0.1) is 5.10 Å². The molecule has 0 aliphatic carbocycles. The van der Waals surface area contributed by atoms with Gasteiger partial charge in [-0.3, -0.25) is 4.79 Å². The Balaban J connectivity index is 1.86. The van der Waals surface area contributed by atoms with E-state index in [0.717, 1.165) is 5.56 Å². The van der Waals surface area contributed by atoms with Crippen molar-refractivity contribution < 1.29 is 9.18 Å². The van der Waals surface area contributed by atoms with Crippen LogP contribution < -0.4 is 5.32 Å². The third kappa shape index (κ3) is 3.11. The van der Waals surface area contributed by atoms with Crippen molar-refractivity contribution in [3.8, 4) is 5.69 Å². The Morgan fingerprint density at radius 2 is 1.87 bits per heavy atom. The molecular weight excluding hydrogens is 295 g/mol. The zero-order valence-corrected chi connectivity index (χ0v) is 12.7. The molecule has 0 spiro atoms. The lowest BCUT2D eigenvalue weighted by Gasteiger charge is -2.05. The minimum Gasteiger partial charge on any atom is -0.321 e. The lowest BCUT2D eigenvalue weighted by atomic mass is 10.2. The highest BCUT2D eigenvalue weighted by Gasteiger charge is 2.17. The van der Waals surface area contributed by atoms with Gasteiger partial charge in [-0.05, 0) is 44.2 Å². The first-order chi connectivity index (χ1) is 11.0. The Morgan fingerprint density at radius 3 is 2.57 bits per heavy atom. The fourth-order valence-electron chi connectivity index (χ4n) is 2.22. The molecular formula is C17H15FN4O. The van der Waals surface area contributed by atoms with Gasteiger partial charge in [0, 0.05) is 5.69 Å². The molecule has 0 saturated heterocycles. The van der Waals surface area contributed by atoms with E-state index < -0.39 is 0 Å². The molecule has 1 amide bonds. The summed E-state index contributed by atoms with van der Waals surface area (Å²) < 4.78 is 14.8. The van der Waals surface area contributed by atoms with E-state index in [2.05, 4.69) is 15.6 Å². The van der Waals surface area contributed by atoms with Crippen LogP contribution in [0.1, 0.15) is 21.7 Å². The molecule has 0 unspecified atom stereocenters. The van der Waals surface area contributed by atoms with E-state index in [1.165, 1.54) is 16.8 Å². The summed E-state index contributed by atoms with van der Waals surface area (Å²) in [6.45, 7) is 3.69. The van der Waals surface area contributed by atoms with Crippen molar-refractivity contribution in [2.45, 2.75) is 13.8 Å². The molecule has 6 heteroatoms. The Hall–Kier alpha value is -3.02. The summed E-state index contributed by atoms with van der Waals surface area (Å²) in [6.07, 6.45) is 0. The minimum atomic E-state index is -0.372. The van der Waals surface area contributed by atoms with Gasteiger partial charge >= 0.3 is 0 Å². The maximum absolute atomic E-state index is 13.3. The third-order valence-corrected chi connectivity index (χ3v) is 3.47. The Morgan fingerprint density at radius 1 is 1.13 bits per heavy atom. The second kappa shape index (κ2) is 6.00. The van der Waals surface area contributed by atoms with Crippen LogP contribution in [0.5, 0.6) is 0 Å². The molecule has 1 N–H and O–H groups in total. The number of carbonyl (C=O) groups is 1. The number of carbonyl (C=O) groups excluding carboxylic acids is 1.